The van der Waals surface area contributed by atoms with Crippen molar-refractivity contribution in [2.75, 3.05) is 11.5 Å². The molecule has 0 bridgehead atoms. The van der Waals surface area contributed by atoms with Crippen molar-refractivity contribution in [1.82, 2.24) is 0 Å². The lowest BCUT2D eigenvalue weighted by Gasteiger charge is -1.99. The molecular formula is C11H15ClS. The Morgan fingerprint density at radius 1 is 1.00 bits per heavy atom. The van der Waals surface area contributed by atoms with Gasteiger partial charge in [-0.15, -0.1) is 0 Å². The monoisotopic (exact) mass is 214 g/mol. The van der Waals surface area contributed by atoms with Crippen LogP contribution in [0.15, 0.2) is 29.2 Å². The number of aryl methyl sites for hydroxylation is 1. The van der Waals surface area contributed by atoms with Gasteiger partial charge in [-0.25, -0.2) is 0 Å². The van der Waals surface area contributed by atoms with E-state index in [2.05, 4.69) is 31.2 Å². The molecule has 0 spiro atoms. The third kappa shape index (κ3) is 2.65. The summed E-state index contributed by atoms with van der Waals surface area (Å²) in [5, 5.41) is 0. The van der Waals surface area contributed by atoms with Crippen molar-refractivity contribution in [2.45, 2.75) is 24.7 Å². The van der Waals surface area contributed by atoms with Gasteiger partial charge in [-0.2, -0.15) is 0 Å². The number of benzene rings is 1. The van der Waals surface area contributed by atoms with Crippen LogP contribution in [0.4, 0.5) is 0 Å². The maximum absolute atomic E-state index is 2.31. The Morgan fingerprint density at radius 2 is 1.54 bits per heavy atom. The van der Waals surface area contributed by atoms with E-state index in [1.807, 2.05) is 0 Å². The van der Waals surface area contributed by atoms with Gasteiger partial charge in [0.25, 0.3) is 0 Å². The topological polar surface area (TPSA) is 0 Å². The zero-order chi connectivity index (χ0) is 8.39. The van der Waals surface area contributed by atoms with E-state index >= 15 is 0 Å². The maximum Gasteiger partial charge on any atom is 0.154 e. The molecule has 0 radical (unpaired) electrons. The largest absolute Gasteiger partial charge is 1.00 e. The molecule has 0 atom stereocenters. The lowest BCUT2D eigenvalue weighted by atomic mass is 10.2. The lowest BCUT2D eigenvalue weighted by Crippen LogP contribution is -3.00. The van der Waals surface area contributed by atoms with E-state index in [-0.39, 0.29) is 12.4 Å². The van der Waals surface area contributed by atoms with Gasteiger partial charge in [-0.3, -0.25) is 0 Å². The van der Waals surface area contributed by atoms with Crippen LogP contribution >= 0.6 is 0 Å². The Bertz CT molecular complexity index is 249. The second-order valence-corrected chi connectivity index (χ2v) is 5.69. The first-order valence-corrected chi connectivity index (χ1v) is 6.17. The first-order chi connectivity index (χ1) is 5.86. The van der Waals surface area contributed by atoms with Gasteiger partial charge in [0, 0.05) is 10.9 Å². The van der Waals surface area contributed by atoms with E-state index in [0.717, 1.165) is 0 Å². The van der Waals surface area contributed by atoms with Crippen LogP contribution < -0.4 is 12.4 Å². The highest BCUT2D eigenvalue weighted by molar-refractivity contribution is 7.97. The van der Waals surface area contributed by atoms with Crippen LogP contribution in [0.3, 0.4) is 0 Å². The predicted molar refractivity (Wildman–Crippen MR) is 55.8 cm³/mol. The summed E-state index contributed by atoms with van der Waals surface area (Å²) < 4.78 is 0. The Hall–Kier alpha value is -0.140. The van der Waals surface area contributed by atoms with Crippen LogP contribution in [0, 0.1) is 6.92 Å². The number of halogens is 1. The van der Waals surface area contributed by atoms with Crippen LogP contribution in [0.25, 0.3) is 0 Å². The summed E-state index contributed by atoms with van der Waals surface area (Å²) in [6.45, 7) is 2.15. The van der Waals surface area contributed by atoms with Gasteiger partial charge >= 0.3 is 0 Å². The summed E-state index contributed by atoms with van der Waals surface area (Å²) in [5.74, 6) is 2.87. The number of rotatable bonds is 1. The van der Waals surface area contributed by atoms with Crippen molar-refractivity contribution in [2.24, 2.45) is 0 Å². The molecule has 72 valence electrons. The van der Waals surface area contributed by atoms with Crippen LogP contribution in [0.1, 0.15) is 18.4 Å². The standard InChI is InChI=1S/C11H15S.ClH/c1-10-4-6-11(7-5-10)12-8-2-3-9-12;/h4-7H,2-3,8-9H2,1H3;1H/q+1;/p-1. The SMILES string of the molecule is Cc1ccc([S+]2CCCC2)cc1.[Cl-]. The number of hydrogen-bond acceptors (Lipinski definition) is 0. The fraction of sp³-hybridized carbons (Fsp3) is 0.455. The van der Waals surface area contributed by atoms with E-state index in [9.17, 15) is 0 Å². The second-order valence-electron chi connectivity index (χ2n) is 3.42. The van der Waals surface area contributed by atoms with E-state index in [1.54, 1.807) is 4.90 Å². The third-order valence-corrected chi connectivity index (χ3v) is 4.89. The molecule has 1 heterocycles. The van der Waals surface area contributed by atoms with Crippen molar-refractivity contribution in [3.05, 3.63) is 29.8 Å². The fourth-order valence-electron chi connectivity index (χ4n) is 1.62. The van der Waals surface area contributed by atoms with Crippen LogP contribution in [0.2, 0.25) is 0 Å². The molecule has 1 aromatic carbocycles. The van der Waals surface area contributed by atoms with Crippen LogP contribution in [-0.2, 0) is 10.9 Å². The molecule has 0 aromatic heterocycles. The minimum Gasteiger partial charge on any atom is -1.00 e. The highest BCUT2D eigenvalue weighted by Gasteiger charge is 2.26. The minimum atomic E-state index is 0. The maximum atomic E-state index is 2.31. The van der Waals surface area contributed by atoms with Crippen LogP contribution in [-0.4, -0.2) is 11.5 Å². The number of hydrogen-bond donors (Lipinski definition) is 0. The Labute approximate surface area is 89.5 Å². The van der Waals surface area contributed by atoms with E-state index in [0.29, 0.717) is 10.9 Å². The fourth-order valence-corrected chi connectivity index (χ4v) is 3.92. The van der Waals surface area contributed by atoms with Gasteiger partial charge in [0.1, 0.15) is 11.5 Å². The summed E-state index contributed by atoms with van der Waals surface area (Å²) in [6, 6.07) is 9.09. The molecule has 1 saturated heterocycles. The van der Waals surface area contributed by atoms with Crippen molar-refractivity contribution in [3.63, 3.8) is 0 Å². The molecule has 0 N–H and O–H groups in total. The zero-order valence-corrected chi connectivity index (χ0v) is 9.50. The average molecular weight is 215 g/mol. The molecule has 0 aliphatic carbocycles. The summed E-state index contributed by atoms with van der Waals surface area (Å²) in [5.41, 5.74) is 1.38. The summed E-state index contributed by atoms with van der Waals surface area (Å²) in [7, 11) is 0.601. The van der Waals surface area contributed by atoms with Crippen molar-refractivity contribution >= 4 is 10.9 Å². The zero-order valence-electron chi connectivity index (χ0n) is 7.92. The van der Waals surface area contributed by atoms with Crippen LogP contribution in [0.5, 0.6) is 0 Å². The molecule has 2 rings (SSSR count). The first-order valence-electron chi connectivity index (χ1n) is 4.60. The molecule has 13 heavy (non-hydrogen) atoms. The lowest BCUT2D eigenvalue weighted by molar-refractivity contribution is -0.00000253. The molecule has 0 unspecified atom stereocenters. The van der Waals surface area contributed by atoms with E-state index < -0.39 is 0 Å². The minimum absolute atomic E-state index is 0. The van der Waals surface area contributed by atoms with E-state index in [4.69, 9.17) is 0 Å². The Kier molecular flexibility index (Phi) is 4.14. The summed E-state index contributed by atoms with van der Waals surface area (Å²) >= 11 is 0. The highest BCUT2D eigenvalue weighted by atomic mass is 35.5. The molecule has 0 amide bonds. The molecule has 1 fully saturated rings. The molecule has 1 aliphatic heterocycles. The summed E-state index contributed by atoms with van der Waals surface area (Å²) in [4.78, 5) is 1.58. The summed E-state index contributed by atoms with van der Waals surface area (Å²) in [6.07, 6.45) is 2.88. The molecule has 0 nitrogen and oxygen atoms in total. The van der Waals surface area contributed by atoms with Gasteiger partial charge in [-0.05, 0) is 31.9 Å². The predicted octanol–water partition coefficient (Wildman–Crippen LogP) is -0.230. The van der Waals surface area contributed by atoms with E-state index in [1.165, 1.54) is 29.9 Å². The third-order valence-electron chi connectivity index (χ3n) is 2.39. The second kappa shape index (κ2) is 4.92. The highest BCUT2D eigenvalue weighted by Crippen LogP contribution is 2.22. The smallest absolute Gasteiger partial charge is 0.154 e. The normalized spacial score (nSPS) is 17.0. The molecule has 1 aliphatic rings. The van der Waals surface area contributed by atoms with Gasteiger partial charge in [-0.1, -0.05) is 17.7 Å². The molecule has 0 saturated carbocycles. The molecular weight excluding hydrogens is 200 g/mol. The van der Waals surface area contributed by atoms with Crippen molar-refractivity contribution in [3.8, 4) is 0 Å². The quantitative estimate of drug-likeness (QED) is 0.567. The van der Waals surface area contributed by atoms with Crippen molar-refractivity contribution in [1.29, 1.82) is 0 Å². The average Bonchev–Trinajstić information content (AvgIpc) is 2.58. The van der Waals surface area contributed by atoms with Gasteiger partial charge in [0.2, 0.25) is 0 Å². The first kappa shape index (κ1) is 10.9. The van der Waals surface area contributed by atoms with Gasteiger partial charge in [0.15, 0.2) is 4.90 Å². The molecule has 1 aromatic rings. The van der Waals surface area contributed by atoms with Crippen molar-refractivity contribution < 1.29 is 12.4 Å². The molecule has 2 heteroatoms. The van der Waals surface area contributed by atoms with Gasteiger partial charge in [0.05, 0.1) is 0 Å². The Balaban J connectivity index is 0.000000845. The Morgan fingerprint density at radius 3 is 2.08 bits per heavy atom. The van der Waals surface area contributed by atoms with Gasteiger partial charge < -0.3 is 12.4 Å².